The summed E-state index contributed by atoms with van der Waals surface area (Å²) < 4.78 is 47.5. The lowest BCUT2D eigenvalue weighted by Crippen LogP contribution is -2.20. The maximum Gasteiger partial charge on any atom is 0.573 e. The molecule has 0 aliphatic rings. The van der Waals surface area contributed by atoms with E-state index in [-0.39, 0.29) is 11.4 Å². The predicted molar refractivity (Wildman–Crippen MR) is 116 cm³/mol. The van der Waals surface area contributed by atoms with Gasteiger partial charge in [0.15, 0.2) is 0 Å². The van der Waals surface area contributed by atoms with E-state index >= 15 is 0 Å². The highest BCUT2D eigenvalue weighted by molar-refractivity contribution is 6.40. The molecule has 0 aliphatic heterocycles. The van der Waals surface area contributed by atoms with Gasteiger partial charge in [0.25, 0.3) is 5.78 Å². The summed E-state index contributed by atoms with van der Waals surface area (Å²) in [4.78, 5) is 24.6. The molecule has 0 spiro atoms. The van der Waals surface area contributed by atoms with Gasteiger partial charge in [0, 0.05) is 17.4 Å². The molecule has 33 heavy (non-hydrogen) atoms. The molecule has 4 aromatic rings. The molecule has 0 aliphatic carbocycles. The summed E-state index contributed by atoms with van der Waals surface area (Å²) in [5.74, 6) is -2.04. The Labute approximate surface area is 187 Å². The third-order valence-corrected chi connectivity index (χ3v) is 5.11. The van der Waals surface area contributed by atoms with Crippen molar-refractivity contribution in [2.75, 3.05) is 7.11 Å². The molecule has 8 heteroatoms. The summed E-state index contributed by atoms with van der Waals surface area (Å²) in [5, 5.41) is 0.700. The van der Waals surface area contributed by atoms with Gasteiger partial charge < -0.3 is 14.0 Å². The van der Waals surface area contributed by atoms with E-state index < -0.39 is 18.1 Å². The molecule has 0 saturated carbocycles. The van der Waals surface area contributed by atoms with Crippen LogP contribution in [-0.2, 0) is 16.1 Å². The summed E-state index contributed by atoms with van der Waals surface area (Å²) in [7, 11) is 1.15. The first-order valence-electron chi connectivity index (χ1n) is 9.91. The number of rotatable bonds is 6. The van der Waals surface area contributed by atoms with Crippen molar-refractivity contribution in [2.24, 2.45) is 0 Å². The molecule has 0 saturated heterocycles. The van der Waals surface area contributed by atoms with Crippen LogP contribution < -0.4 is 4.74 Å². The maximum atomic E-state index is 12.7. The Kier molecular flexibility index (Phi) is 5.91. The van der Waals surface area contributed by atoms with Crippen LogP contribution in [0.25, 0.3) is 22.0 Å². The Hall–Kier alpha value is -4.07. The van der Waals surface area contributed by atoms with Crippen LogP contribution in [0, 0.1) is 0 Å². The SMILES string of the molecule is COC(=O)C(=O)c1cc2cc(-c3ccc(OC(F)(F)F)cc3)ccc2n1Cc1ccccc1. The minimum atomic E-state index is -4.76. The Morgan fingerprint density at radius 3 is 2.18 bits per heavy atom. The van der Waals surface area contributed by atoms with Crippen LogP contribution in [0.2, 0.25) is 0 Å². The van der Waals surface area contributed by atoms with Crippen molar-refractivity contribution < 1.29 is 32.2 Å². The predicted octanol–water partition coefficient (Wildman–Crippen LogP) is 5.61. The van der Waals surface area contributed by atoms with Gasteiger partial charge in [-0.2, -0.15) is 0 Å². The molecule has 0 fully saturated rings. The van der Waals surface area contributed by atoms with E-state index in [9.17, 15) is 22.8 Å². The average molecular weight is 453 g/mol. The zero-order chi connectivity index (χ0) is 23.6. The van der Waals surface area contributed by atoms with Crippen LogP contribution in [0.1, 0.15) is 16.1 Å². The Bertz CT molecular complexity index is 1310. The van der Waals surface area contributed by atoms with Crippen LogP contribution in [0.4, 0.5) is 13.2 Å². The fraction of sp³-hybridized carbons (Fsp3) is 0.120. The third-order valence-electron chi connectivity index (χ3n) is 5.11. The highest BCUT2D eigenvalue weighted by Gasteiger charge is 2.31. The minimum Gasteiger partial charge on any atom is -0.463 e. The van der Waals surface area contributed by atoms with Gasteiger partial charge in [0.2, 0.25) is 0 Å². The number of benzene rings is 3. The minimum absolute atomic E-state index is 0.187. The number of nitrogens with zero attached hydrogens (tertiary/aromatic N) is 1. The quantitative estimate of drug-likeness (QED) is 0.216. The van der Waals surface area contributed by atoms with Crippen molar-refractivity contribution in [3.8, 4) is 16.9 Å². The van der Waals surface area contributed by atoms with Gasteiger partial charge in [-0.05, 0) is 47.0 Å². The number of alkyl halides is 3. The molecule has 0 amide bonds. The van der Waals surface area contributed by atoms with Crippen LogP contribution in [0.15, 0.2) is 78.9 Å². The van der Waals surface area contributed by atoms with E-state index in [2.05, 4.69) is 9.47 Å². The number of Topliss-reactive ketones (excluding diaryl/α,β-unsaturated/α-hetero) is 1. The Morgan fingerprint density at radius 2 is 1.55 bits per heavy atom. The van der Waals surface area contributed by atoms with Crippen LogP contribution in [0.3, 0.4) is 0 Å². The molecule has 0 atom stereocenters. The van der Waals surface area contributed by atoms with Gasteiger partial charge in [0.05, 0.1) is 12.8 Å². The van der Waals surface area contributed by atoms with Crippen molar-refractivity contribution in [1.29, 1.82) is 0 Å². The Balaban J connectivity index is 1.74. The van der Waals surface area contributed by atoms with Crippen LogP contribution in [0.5, 0.6) is 5.75 Å². The van der Waals surface area contributed by atoms with Gasteiger partial charge in [-0.3, -0.25) is 4.79 Å². The fourth-order valence-electron chi connectivity index (χ4n) is 3.62. The molecule has 5 nitrogen and oxygen atoms in total. The molecule has 1 heterocycles. The van der Waals surface area contributed by atoms with Gasteiger partial charge in [-0.1, -0.05) is 48.5 Å². The van der Waals surface area contributed by atoms with Gasteiger partial charge >= 0.3 is 12.3 Å². The number of hydrogen-bond donors (Lipinski definition) is 0. The third kappa shape index (κ3) is 4.90. The lowest BCUT2D eigenvalue weighted by Gasteiger charge is -2.11. The maximum absolute atomic E-state index is 12.7. The summed E-state index contributed by atoms with van der Waals surface area (Å²) in [5.41, 5.74) is 3.26. The summed E-state index contributed by atoms with van der Waals surface area (Å²) >= 11 is 0. The molecule has 3 aromatic carbocycles. The smallest absolute Gasteiger partial charge is 0.463 e. The topological polar surface area (TPSA) is 57.5 Å². The second-order valence-corrected chi connectivity index (χ2v) is 7.27. The Morgan fingerprint density at radius 1 is 0.879 bits per heavy atom. The van der Waals surface area contributed by atoms with Crippen molar-refractivity contribution >= 4 is 22.7 Å². The second-order valence-electron chi connectivity index (χ2n) is 7.27. The fourth-order valence-corrected chi connectivity index (χ4v) is 3.62. The molecule has 0 radical (unpaired) electrons. The van der Waals surface area contributed by atoms with Crippen LogP contribution >= 0.6 is 0 Å². The highest BCUT2D eigenvalue weighted by Crippen LogP contribution is 2.30. The number of carbonyl (C=O) groups excluding carboxylic acids is 2. The zero-order valence-electron chi connectivity index (χ0n) is 17.4. The first-order chi connectivity index (χ1) is 15.7. The largest absolute Gasteiger partial charge is 0.573 e. The van der Waals surface area contributed by atoms with Crippen LogP contribution in [-0.4, -0.2) is 29.8 Å². The first kappa shape index (κ1) is 22.1. The van der Waals surface area contributed by atoms with E-state index in [0.717, 1.165) is 23.8 Å². The van der Waals surface area contributed by atoms with E-state index in [0.29, 0.717) is 17.5 Å². The number of fused-ring (bicyclic) bond motifs is 1. The van der Waals surface area contributed by atoms with Crippen molar-refractivity contribution in [3.05, 3.63) is 90.1 Å². The van der Waals surface area contributed by atoms with E-state index in [1.54, 1.807) is 16.7 Å². The summed E-state index contributed by atoms with van der Waals surface area (Å²) in [6.07, 6.45) is -4.76. The molecule has 0 unspecified atom stereocenters. The van der Waals surface area contributed by atoms with E-state index in [4.69, 9.17) is 0 Å². The number of esters is 1. The molecular weight excluding hydrogens is 435 g/mol. The molecule has 168 valence electrons. The van der Waals surface area contributed by atoms with Crippen molar-refractivity contribution in [2.45, 2.75) is 12.9 Å². The van der Waals surface area contributed by atoms with E-state index in [1.807, 2.05) is 42.5 Å². The normalized spacial score (nSPS) is 11.4. The second kappa shape index (κ2) is 8.82. The number of carbonyl (C=O) groups is 2. The first-order valence-corrected chi connectivity index (χ1v) is 9.91. The lowest BCUT2D eigenvalue weighted by atomic mass is 10.0. The standard InChI is InChI=1S/C25H18F3NO4/c1-32-24(31)23(30)22-14-19-13-18(17-7-10-20(11-8-17)33-25(26,27)28)9-12-21(19)29(22)15-16-5-3-2-4-6-16/h2-14H,15H2,1H3. The van der Waals surface area contributed by atoms with E-state index in [1.165, 1.54) is 24.3 Å². The zero-order valence-corrected chi connectivity index (χ0v) is 17.4. The number of hydrogen-bond acceptors (Lipinski definition) is 4. The number of methoxy groups -OCH3 is 1. The molecular formula is C25H18F3NO4. The number of aromatic nitrogens is 1. The van der Waals surface area contributed by atoms with Gasteiger partial charge in [-0.15, -0.1) is 13.2 Å². The average Bonchev–Trinajstić information content (AvgIpc) is 3.15. The number of ether oxygens (including phenoxy) is 2. The summed E-state index contributed by atoms with van der Waals surface area (Å²) in [6.45, 7) is 0.366. The monoisotopic (exact) mass is 453 g/mol. The molecule has 1 aromatic heterocycles. The molecule has 4 rings (SSSR count). The van der Waals surface area contributed by atoms with Crippen molar-refractivity contribution in [3.63, 3.8) is 0 Å². The van der Waals surface area contributed by atoms with Gasteiger partial charge in [0.1, 0.15) is 5.75 Å². The van der Waals surface area contributed by atoms with Gasteiger partial charge in [-0.25, -0.2) is 4.79 Å². The number of ketones is 1. The molecule has 0 bridgehead atoms. The summed E-state index contributed by atoms with van der Waals surface area (Å²) in [6, 6.07) is 22.0. The van der Waals surface area contributed by atoms with Crippen molar-refractivity contribution in [1.82, 2.24) is 4.57 Å². The lowest BCUT2D eigenvalue weighted by molar-refractivity contribution is -0.274. The highest BCUT2D eigenvalue weighted by atomic mass is 19.4. The molecule has 0 N–H and O–H groups in total. The number of halogens is 3.